The van der Waals surface area contributed by atoms with Crippen LogP contribution in [0.1, 0.15) is 15.9 Å². The molecule has 0 aliphatic carbocycles. The first-order chi connectivity index (χ1) is 8.91. The normalized spacial score (nSPS) is 11.9. The second kappa shape index (κ2) is 5.11. The smallest absolute Gasteiger partial charge is 0.336 e. The lowest BCUT2D eigenvalue weighted by Gasteiger charge is -2.14. The summed E-state index contributed by atoms with van der Waals surface area (Å²) in [6.07, 6.45) is 3.13. The predicted molar refractivity (Wildman–Crippen MR) is 68.5 cm³/mol. The van der Waals surface area contributed by atoms with Crippen molar-refractivity contribution in [2.24, 2.45) is 0 Å². The SMILES string of the molecule is CN(Cc1cn[nH]c1)S(=O)(=O)c1cc(C(=O)O)cs1. The van der Waals surface area contributed by atoms with Crippen LogP contribution in [-0.4, -0.2) is 41.0 Å². The molecule has 2 aromatic heterocycles. The van der Waals surface area contributed by atoms with Crippen LogP contribution in [-0.2, 0) is 16.6 Å². The van der Waals surface area contributed by atoms with E-state index in [4.69, 9.17) is 5.11 Å². The molecule has 102 valence electrons. The predicted octanol–water partition coefficient (Wildman–Crippen LogP) is 0.990. The molecule has 0 bridgehead atoms. The van der Waals surface area contributed by atoms with Crippen molar-refractivity contribution in [3.8, 4) is 0 Å². The van der Waals surface area contributed by atoms with E-state index in [9.17, 15) is 13.2 Å². The number of nitrogens with zero attached hydrogens (tertiary/aromatic N) is 2. The zero-order valence-corrected chi connectivity index (χ0v) is 11.5. The first-order valence-electron chi connectivity index (χ1n) is 5.17. The van der Waals surface area contributed by atoms with Gasteiger partial charge in [0, 0.05) is 30.7 Å². The first-order valence-corrected chi connectivity index (χ1v) is 7.49. The van der Waals surface area contributed by atoms with Gasteiger partial charge in [0.2, 0.25) is 0 Å². The summed E-state index contributed by atoms with van der Waals surface area (Å²) in [6, 6.07) is 1.16. The van der Waals surface area contributed by atoms with Crippen LogP contribution < -0.4 is 0 Å². The van der Waals surface area contributed by atoms with Crippen molar-refractivity contribution in [1.29, 1.82) is 0 Å². The second-order valence-corrected chi connectivity index (χ2v) is 7.01. The maximum absolute atomic E-state index is 12.2. The van der Waals surface area contributed by atoms with Crippen LogP contribution in [0.3, 0.4) is 0 Å². The average molecular weight is 301 g/mol. The molecule has 0 saturated carbocycles. The third kappa shape index (κ3) is 2.83. The number of hydrogen-bond acceptors (Lipinski definition) is 5. The van der Waals surface area contributed by atoms with E-state index in [1.807, 2.05) is 0 Å². The third-order valence-corrected chi connectivity index (χ3v) is 5.67. The lowest BCUT2D eigenvalue weighted by molar-refractivity contribution is 0.0697. The Kier molecular flexibility index (Phi) is 3.69. The van der Waals surface area contributed by atoms with E-state index in [1.54, 1.807) is 6.20 Å². The summed E-state index contributed by atoms with van der Waals surface area (Å²) in [6.45, 7) is 0.166. The number of hydrogen-bond donors (Lipinski definition) is 2. The van der Waals surface area contributed by atoms with Gasteiger partial charge in [-0.1, -0.05) is 0 Å². The van der Waals surface area contributed by atoms with Gasteiger partial charge in [0.05, 0.1) is 11.8 Å². The summed E-state index contributed by atoms with van der Waals surface area (Å²) in [5.41, 5.74) is 0.696. The van der Waals surface area contributed by atoms with E-state index in [1.165, 1.54) is 18.6 Å². The van der Waals surface area contributed by atoms with E-state index < -0.39 is 16.0 Å². The van der Waals surface area contributed by atoms with Crippen LogP contribution in [0.15, 0.2) is 28.0 Å². The number of aromatic amines is 1. The topological polar surface area (TPSA) is 103 Å². The molecule has 0 spiro atoms. The molecule has 0 fully saturated rings. The number of H-pyrrole nitrogens is 1. The summed E-state index contributed by atoms with van der Waals surface area (Å²) in [4.78, 5) is 10.8. The second-order valence-electron chi connectivity index (χ2n) is 3.83. The number of rotatable bonds is 5. The summed E-state index contributed by atoms with van der Waals surface area (Å²) >= 11 is 0.892. The van der Waals surface area contributed by atoms with Crippen molar-refractivity contribution < 1.29 is 18.3 Å². The molecule has 9 heteroatoms. The number of aromatic nitrogens is 2. The lowest BCUT2D eigenvalue weighted by Crippen LogP contribution is -2.25. The Labute approximate surface area is 113 Å². The Hall–Kier alpha value is -1.71. The van der Waals surface area contributed by atoms with Gasteiger partial charge in [-0.15, -0.1) is 11.3 Å². The molecular weight excluding hydrogens is 290 g/mol. The van der Waals surface area contributed by atoms with Crippen LogP contribution in [0.2, 0.25) is 0 Å². The van der Waals surface area contributed by atoms with Crippen molar-refractivity contribution in [2.45, 2.75) is 10.8 Å². The molecule has 0 aliphatic rings. The van der Waals surface area contributed by atoms with E-state index in [2.05, 4.69) is 10.2 Å². The van der Waals surface area contributed by atoms with Crippen LogP contribution in [0.25, 0.3) is 0 Å². The van der Waals surface area contributed by atoms with E-state index in [0.717, 1.165) is 27.3 Å². The van der Waals surface area contributed by atoms with Crippen molar-refractivity contribution in [2.75, 3.05) is 7.05 Å². The lowest BCUT2D eigenvalue weighted by atomic mass is 10.4. The molecule has 0 amide bonds. The van der Waals surface area contributed by atoms with E-state index >= 15 is 0 Å². The first kappa shape index (κ1) is 13.7. The van der Waals surface area contributed by atoms with E-state index in [0.29, 0.717) is 0 Å². The number of aromatic carboxylic acids is 1. The Balaban J connectivity index is 2.23. The van der Waals surface area contributed by atoms with Crippen molar-refractivity contribution in [1.82, 2.24) is 14.5 Å². The molecule has 0 saturated heterocycles. The van der Waals surface area contributed by atoms with Crippen LogP contribution in [0.4, 0.5) is 0 Å². The molecule has 2 heterocycles. The third-order valence-electron chi connectivity index (χ3n) is 2.45. The van der Waals surface area contributed by atoms with Crippen LogP contribution in [0.5, 0.6) is 0 Å². The van der Waals surface area contributed by atoms with Gasteiger partial charge in [0.15, 0.2) is 0 Å². The molecule has 2 N–H and O–H groups in total. The molecular formula is C10H11N3O4S2. The molecule has 2 aromatic rings. The fourth-order valence-electron chi connectivity index (χ4n) is 1.42. The largest absolute Gasteiger partial charge is 0.478 e. The number of carbonyl (C=O) groups is 1. The molecule has 2 rings (SSSR count). The number of carboxylic acids is 1. The van der Waals surface area contributed by atoms with Crippen molar-refractivity contribution in [3.05, 3.63) is 35.0 Å². The molecule has 0 unspecified atom stereocenters. The monoisotopic (exact) mass is 301 g/mol. The van der Waals surface area contributed by atoms with Gasteiger partial charge < -0.3 is 5.11 Å². The summed E-state index contributed by atoms with van der Waals surface area (Å²) < 4.78 is 25.6. The zero-order chi connectivity index (χ0) is 14.0. The zero-order valence-electron chi connectivity index (χ0n) is 9.90. The Bertz CT molecular complexity index is 675. The summed E-state index contributed by atoms with van der Waals surface area (Å²) in [7, 11) is -2.25. The summed E-state index contributed by atoms with van der Waals surface area (Å²) in [5.74, 6) is -1.14. The highest BCUT2D eigenvalue weighted by molar-refractivity contribution is 7.91. The number of carboxylic acid groups (broad SMARTS) is 1. The minimum atomic E-state index is -3.68. The van der Waals surface area contributed by atoms with Gasteiger partial charge >= 0.3 is 5.97 Å². The van der Waals surface area contributed by atoms with Gasteiger partial charge in [0.1, 0.15) is 4.21 Å². The molecule has 0 aromatic carbocycles. The highest BCUT2D eigenvalue weighted by atomic mass is 32.2. The number of thiophene rings is 1. The number of sulfonamides is 1. The highest BCUT2D eigenvalue weighted by Crippen LogP contribution is 2.24. The number of nitrogens with one attached hydrogen (secondary N) is 1. The maximum atomic E-state index is 12.2. The van der Waals surface area contributed by atoms with Crippen molar-refractivity contribution in [3.63, 3.8) is 0 Å². The Morgan fingerprint density at radius 2 is 2.32 bits per heavy atom. The van der Waals surface area contributed by atoms with Gasteiger partial charge in [-0.25, -0.2) is 13.2 Å². The molecule has 0 radical (unpaired) electrons. The van der Waals surface area contributed by atoms with E-state index in [-0.39, 0.29) is 16.3 Å². The van der Waals surface area contributed by atoms with Crippen LogP contribution in [0, 0.1) is 0 Å². The van der Waals surface area contributed by atoms with Crippen LogP contribution >= 0.6 is 11.3 Å². The molecule has 7 nitrogen and oxygen atoms in total. The quantitative estimate of drug-likeness (QED) is 0.857. The standard InChI is InChI=1S/C10H11N3O4S2/c1-13(5-7-3-11-12-4-7)19(16,17)9-2-8(6-18-9)10(14)15/h2-4,6H,5H2,1H3,(H,11,12)(H,14,15). The summed E-state index contributed by atoms with van der Waals surface area (Å²) in [5, 5.41) is 16.4. The van der Waals surface area contributed by atoms with Gasteiger partial charge in [0.25, 0.3) is 10.0 Å². The average Bonchev–Trinajstić information content (AvgIpc) is 2.99. The molecule has 0 aliphatic heterocycles. The fourth-order valence-corrected chi connectivity index (χ4v) is 3.95. The Morgan fingerprint density at radius 3 is 2.84 bits per heavy atom. The van der Waals surface area contributed by atoms with Gasteiger partial charge in [-0.05, 0) is 6.07 Å². The minimum Gasteiger partial charge on any atom is -0.478 e. The Morgan fingerprint density at radius 1 is 1.58 bits per heavy atom. The van der Waals surface area contributed by atoms with Gasteiger partial charge in [-0.2, -0.15) is 9.40 Å². The van der Waals surface area contributed by atoms with Crippen molar-refractivity contribution >= 4 is 27.3 Å². The molecule has 0 atom stereocenters. The maximum Gasteiger partial charge on any atom is 0.336 e. The highest BCUT2D eigenvalue weighted by Gasteiger charge is 2.24. The molecule has 19 heavy (non-hydrogen) atoms. The fraction of sp³-hybridized carbons (Fsp3) is 0.200. The van der Waals surface area contributed by atoms with Gasteiger partial charge in [-0.3, -0.25) is 5.10 Å². The minimum absolute atomic E-state index is 0.0101.